The number of nitrogens with one attached hydrogen (secondary N) is 2. The molecule has 0 radical (unpaired) electrons. The summed E-state index contributed by atoms with van der Waals surface area (Å²) in [4.78, 5) is 25.8. The van der Waals surface area contributed by atoms with Gasteiger partial charge in [-0.05, 0) is 56.2 Å². The van der Waals surface area contributed by atoms with E-state index in [1.807, 2.05) is 44.2 Å². The highest BCUT2D eigenvalue weighted by Crippen LogP contribution is 2.30. The van der Waals surface area contributed by atoms with Gasteiger partial charge < -0.3 is 15.2 Å². The standard InChI is InChI=1S/C24H23N5O/c1-4-17-6-5-7-19(14-17)27-21-8-11-25-23-20(21)15-22(28-23)18-9-12-29(13-10-18)24(30)26-16(2)3/h1,5-9,11,14-15H,10,12-13H2,2-3H3,(H2,25,27,28). The van der Waals surface area contributed by atoms with Crippen molar-refractivity contribution in [2.24, 2.45) is 4.99 Å². The van der Waals surface area contributed by atoms with E-state index in [4.69, 9.17) is 6.42 Å². The van der Waals surface area contributed by atoms with Crippen molar-refractivity contribution in [1.82, 2.24) is 14.9 Å². The molecule has 0 atom stereocenters. The number of carbonyl (C=O) groups excluding carboxylic acids is 1. The van der Waals surface area contributed by atoms with Crippen molar-refractivity contribution in [3.8, 4) is 12.3 Å². The number of aliphatic imine (C=N–C) groups is 1. The summed E-state index contributed by atoms with van der Waals surface area (Å²) in [5.41, 5.74) is 6.49. The molecule has 3 heterocycles. The summed E-state index contributed by atoms with van der Waals surface area (Å²) in [5.74, 6) is 2.66. The fourth-order valence-electron chi connectivity index (χ4n) is 3.50. The summed E-state index contributed by atoms with van der Waals surface area (Å²) in [6, 6.07) is 11.6. The second-order valence-electron chi connectivity index (χ2n) is 7.42. The number of pyridine rings is 1. The van der Waals surface area contributed by atoms with Crippen LogP contribution in [-0.2, 0) is 0 Å². The van der Waals surface area contributed by atoms with Crippen LogP contribution in [0.15, 0.2) is 53.7 Å². The lowest BCUT2D eigenvalue weighted by Crippen LogP contribution is -2.32. The lowest BCUT2D eigenvalue weighted by Gasteiger charge is -2.24. The summed E-state index contributed by atoms with van der Waals surface area (Å²) < 4.78 is 0. The summed E-state index contributed by atoms with van der Waals surface area (Å²) >= 11 is 0. The first kappa shape index (κ1) is 19.5. The molecule has 0 unspecified atom stereocenters. The van der Waals surface area contributed by atoms with Crippen molar-refractivity contribution < 1.29 is 4.79 Å². The number of hydrogen-bond donors (Lipinski definition) is 2. The Morgan fingerprint density at radius 3 is 2.90 bits per heavy atom. The van der Waals surface area contributed by atoms with Crippen LogP contribution in [0.25, 0.3) is 16.6 Å². The average Bonchev–Trinajstić information content (AvgIpc) is 3.19. The highest BCUT2D eigenvalue weighted by molar-refractivity contribution is 5.95. The Morgan fingerprint density at radius 1 is 1.30 bits per heavy atom. The molecule has 4 rings (SSSR count). The first-order valence-electron chi connectivity index (χ1n) is 9.85. The Hall–Kier alpha value is -3.85. The third-order valence-corrected chi connectivity index (χ3v) is 4.98. The number of fused-ring (bicyclic) bond motifs is 1. The van der Waals surface area contributed by atoms with Gasteiger partial charge in [0.15, 0.2) is 0 Å². The summed E-state index contributed by atoms with van der Waals surface area (Å²) in [5, 5.41) is 4.44. The SMILES string of the molecule is C#Cc1cccc(Nc2ccnc3[nH]c(C4=CCN(C(=O)N=C(C)C)CC4)cc23)c1. The maximum atomic E-state index is 12.1. The van der Waals surface area contributed by atoms with Gasteiger partial charge in [-0.1, -0.05) is 18.1 Å². The zero-order valence-electron chi connectivity index (χ0n) is 17.1. The van der Waals surface area contributed by atoms with Crippen LogP contribution in [0.2, 0.25) is 0 Å². The van der Waals surface area contributed by atoms with Gasteiger partial charge in [0.05, 0.1) is 5.69 Å². The van der Waals surface area contributed by atoms with Crippen molar-refractivity contribution in [1.29, 1.82) is 0 Å². The number of urea groups is 1. The normalized spacial score (nSPS) is 13.5. The van der Waals surface area contributed by atoms with Crippen molar-refractivity contribution in [2.75, 3.05) is 18.4 Å². The minimum absolute atomic E-state index is 0.177. The van der Waals surface area contributed by atoms with Crippen molar-refractivity contribution in [3.63, 3.8) is 0 Å². The average molecular weight is 397 g/mol. The van der Waals surface area contributed by atoms with Gasteiger partial charge in [0.1, 0.15) is 5.65 Å². The first-order chi connectivity index (χ1) is 14.5. The number of carbonyl (C=O) groups is 1. The molecule has 2 amide bonds. The van der Waals surface area contributed by atoms with Gasteiger partial charge in [-0.2, -0.15) is 0 Å². The summed E-state index contributed by atoms with van der Waals surface area (Å²) in [7, 11) is 0. The van der Waals surface area contributed by atoms with Crippen LogP contribution in [0.5, 0.6) is 0 Å². The predicted octanol–water partition coefficient (Wildman–Crippen LogP) is 4.98. The number of amides is 2. The van der Waals surface area contributed by atoms with Gasteiger partial charge in [-0.15, -0.1) is 6.42 Å². The van der Waals surface area contributed by atoms with E-state index < -0.39 is 0 Å². The number of aromatic amines is 1. The van der Waals surface area contributed by atoms with Gasteiger partial charge in [0, 0.05) is 47.3 Å². The molecule has 2 N–H and O–H groups in total. The Bertz CT molecular complexity index is 1210. The number of nitrogens with zero attached hydrogens (tertiary/aromatic N) is 3. The van der Waals surface area contributed by atoms with Gasteiger partial charge >= 0.3 is 6.03 Å². The van der Waals surface area contributed by atoms with Gasteiger partial charge in [-0.3, -0.25) is 0 Å². The molecular formula is C24H23N5O. The zero-order chi connectivity index (χ0) is 21.1. The number of H-pyrrole nitrogens is 1. The van der Waals surface area contributed by atoms with E-state index >= 15 is 0 Å². The highest BCUT2D eigenvalue weighted by Gasteiger charge is 2.19. The molecule has 150 valence electrons. The minimum atomic E-state index is -0.177. The third kappa shape index (κ3) is 4.11. The summed E-state index contributed by atoms with van der Waals surface area (Å²) in [6.45, 7) is 4.86. The van der Waals surface area contributed by atoms with E-state index in [1.165, 1.54) is 5.57 Å². The monoisotopic (exact) mass is 397 g/mol. The number of terminal acetylenes is 1. The van der Waals surface area contributed by atoms with E-state index in [-0.39, 0.29) is 6.03 Å². The highest BCUT2D eigenvalue weighted by atomic mass is 16.2. The molecule has 0 fully saturated rings. The van der Waals surface area contributed by atoms with Crippen LogP contribution in [0.4, 0.5) is 16.2 Å². The van der Waals surface area contributed by atoms with Crippen molar-refractivity contribution >= 4 is 39.7 Å². The Kier molecular flexibility index (Phi) is 5.36. The van der Waals surface area contributed by atoms with Crippen LogP contribution >= 0.6 is 0 Å². The first-order valence-corrected chi connectivity index (χ1v) is 9.85. The summed E-state index contributed by atoms with van der Waals surface area (Å²) in [6.07, 6.45) is 10.1. The van der Waals surface area contributed by atoms with Gasteiger partial charge in [0.2, 0.25) is 0 Å². The Labute approximate surface area is 175 Å². The maximum absolute atomic E-state index is 12.1. The lowest BCUT2D eigenvalue weighted by molar-refractivity contribution is 0.213. The third-order valence-electron chi connectivity index (χ3n) is 4.98. The quantitative estimate of drug-likeness (QED) is 0.484. The molecule has 1 aromatic carbocycles. The van der Waals surface area contributed by atoms with Gasteiger partial charge in [-0.25, -0.2) is 14.8 Å². The topological polar surface area (TPSA) is 73.4 Å². The molecule has 0 aliphatic carbocycles. The molecule has 30 heavy (non-hydrogen) atoms. The maximum Gasteiger partial charge on any atom is 0.343 e. The van der Waals surface area contributed by atoms with Crippen molar-refractivity contribution in [3.05, 3.63) is 59.9 Å². The smallest absolute Gasteiger partial charge is 0.343 e. The second-order valence-corrected chi connectivity index (χ2v) is 7.42. The number of hydrogen-bond acceptors (Lipinski definition) is 3. The molecule has 3 aromatic rings. The fraction of sp³-hybridized carbons (Fsp3) is 0.208. The number of anilines is 2. The fourth-order valence-corrected chi connectivity index (χ4v) is 3.50. The molecule has 2 aromatic heterocycles. The predicted molar refractivity (Wildman–Crippen MR) is 122 cm³/mol. The van der Waals surface area contributed by atoms with Crippen LogP contribution in [-0.4, -0.2) is 39.7 Å². The molecule has 0 spiro atoms. The molecule has 6 heteroatoms. The van der Waals surface area contributed by atoms with Crippen LogP contribution in [0, 0.1) is 12.3 Å². The molecule has 0 saturated heterocycles. The number of benzene rings is 1. The molecule has 1 aliphatic heterocycles. The van der Waals surface area contributed by atoms with E-state index in [0.29, 0.717) is 13.1 Å². The zero-order valence-corrected chi connectivity index (χ0v) is 17.1. The lowest BCUT2D eigenvalue weighted by atomic mass is 10.0. The van der Waals surface area contributed by atoms with Crippen LogP contribution in [0.1, 0.15) is 31.5 Å². The molecule has 0 bridgehead atoms. The van der Waals surface area contributed by atoms with E-state index in [9.17, 15) is 4.79 Å². The molecular weight excluding hydrogens is 374 g/mol. The van der Waals surface area contributed by atoms with Crippen LogP contribution in [0.3, 0.4) is 0 Å². The number of rotatable bonds is 3. The molecule has 1 aliphatic rings. The molecule has 0 saturated carbocycles. The van der Waals surface area contributed by atoms with Gasteiger partial charge in [0.25, 0.3) is 0 Å². The largest absolute Gasteiger partial charge is 0.355 e. The molecule has 6 nitrogen and oxygen atoms in total. The van der Waals surface area contributed by atoms with Crippen molar-refractivity contribution in [2.45, 2.75) is 20.3 Å². The minimum Gasteiger partial charge on any atom is -0.355 e. The Morgan fingerprint density at radius 2 is 2.17 bits per heavy atom. The van der Waals surface area contributed by atoms with E-state index in [2.05, 4.69) is 38.3 Å². The van der Waals surface area contributed by atoms with Crippen LogP contribution < -0.4 is 5.32 Å². The number of aromatic nitrogens is 2. The van der Waals surface area contributed by atoms with E-state index in [1.54, 1.807) is 11.1 Å². The second kappa shape index (κ2) is 8.26. The Balaban J connectivity index is 1.58. The van der Waals surface area contributed by atoms with E-state index in [0.717, 1.165) is 45.8 Å².